The van der Waals surface area contributed by atoms with E-state index in [0.29, 0.717) is 17.4 Å². The Morgan fingerprint density at radius 3 is 2.31 bits per heavy atom. The highest BCUT2D eigenvalue weighted by Crippen LogP contribution is 2.42. The first-order chi connectivity index (χ1) is 14.0. The molecule has 150 valence electrons. The lowest BCUT2D eigenvalue weighted by Gasteiger charge is -2.40. The normalized spacial score (nSPS) is 18.6. The van der Waals surface area contributed by atoms with E-state index in [-0.39, 0.29) is 23.9 Å². The Morgan fingerprint density at radius 1 is 1.07 bits per heavy atom. The van der Waals surface area contributed by atoms with E-state index in [9.17, 15) is 4.79 Å². The molecule has 1 aliphatic rings. The van der Waals surface area contributed by atoms with Crippen molar-refractivity contribution in [2.45, 2.75) is 32.4 Å². The third kappa shape index (κ3) is 3.60. The topological polar surface area (TPSA) is 60.2 Å². The van der Waals surface area contributed by atoms with Crippen LogP contribution < -0.4 is 9.64 Å². The zero-order valence-electron chi connectivity index (χ0n) is 16.6. The third-order valence-electron chi connectivity index (χ3n) is 5.31. The molecular weight excluding hydrogens is 388 g/mol. The summed E-state index contributed by atoms with van der Waals surface area (Å²) in [5, 5.41) is 5.13. The lowest BCUT2D eigenvalue weighted by atomic mass is 9.91. The van der Waals surface area contributed by atoms with Gasteiger partial charge in [0, 0.05) is 10.9 Å². The van der Waals surface area contributed by atoms with Crippen LogP contribution in [0.15, 0.2) is 54.9 Å². The second kappa shape index (κ2) is 7.87. The van der Waals surface area contributed by atoms with Crippen LogP contribution in [0, 0.1) is 5.92 Å². The SMILES string of the molecule is COc1ccc([C@@H]2C[C@@H](c3ccc(Cl)cc3)n3ncnc3N2C(=O)C(C)C)cc1. The monoisotopic (exact) mass is 410 g/mol. The van der Waals surface area contributed by atoms with Crippen molar-refractivity contribution in [3.05, 3.63) is 71.0 Å². The molecule has 0 saturated heterocycles. The van der Waals surface area contributed by atoms with Gasteiger partial charge in [-0.25, -0.2) is 4.68 Å². The second-order valence-electron chi connectivity index (χ2n) is 7.46. The minimum absolute atomic E-state index is 0.0228. The summed E-state index contributed by atoms with van der Waals surface area (Å²) < 4.78 is 7.13. The van der Waals surface area contributed by atoms with Crippen molar-refractivity contribution in [1.82, 2.24) is 14.8 Å². The summed E-state index contributed by atoms with van der Waals surface area (Å²) in [4.78, 5) is 19.4. The largest absolute Gasteiger partial charge is 0.497 e. The number of nitrogens with zero attached hydrogens (tertiary/aromatic N) is 4. The van der Waals surface area contributed by atoms with Gasteiger partial charge in [-0.2, -0.15) is 10.1 Å². The quantitative estimate of drug-likeness (QED) is 0.627. The summed E-state index contributed by atoms with van der Waals surface area (Å²) in [5.74, 6) is 1.21. The van der Waals surface area contributed by atoms with Crippen LogP contribution in [0.3, 0.4) is 0 Å². The summed E-state index contributed by atoms with van der Waals surface area (Å²) in [6.45, 7) is 3.80. The molecule has 3 aromatic rings. The first-order valence-electron chi connectivity index (χ1n) is 9.61. The zero-order chi connectivity index (χ0) is 20.5. The molecule has 1 amide bonds. The van der Waals surface area contributed by atoms with E-state index in [0.717, 1.165) is 16.9 Å². The average molecular weight is 411 g/mol. The molecule has 0 fully saturated rings. The van der Waals surface area contributed by atoms with E-state index < -0.39 is 0 Å². The van der Waals surface area contributed by atoms with Gasteiger partial charge in [-0.15, -0.1) is 0 Å². The molecule has 0 N–H and O–H groups in total. The van der Waals surface area contributed by atoms with Crippen LogP contribution in [-0.4, -0.2) is 27.8 Å². The Morgan fingerprint density at radius 2 is 1.69 bits per heavy atom. The average Bonchev–Trinajstić information content (AvgIpc) is 3.22. The van der Waals surface area contributed by atoms with Gasteiger partial charge in [-0.3, -0.25) is 9.69 Å². The van der Waals surface area contributed by atoms with Crippen molar-refractivity contribution in [3.63, 3.8) is 0 Å². The lowest BCUT2D eigenvalue weighted by Crippen LogP contribution is -2.44. The first-order valence-corrected chi connectivity index (χ1v) is 9.99. The number of anilines is 1. The van der Waals surface area contributed by atoms with Gasteiger partial charge >= 0.3 is 0 Å². The molecule has 0 bridgehead atoms. The van der Waals surface area contributed by atoms with Crippen molar-refractivity contribution in [3.8, 4) is 5.75 Å². The predicted octanol–water partition coefficient (Wildman–Crippen LogP) is 4.66. The van der Waals surface area contributed by atoms with Crippen LogP contribution in [-0.2, 0) is 4.79 Å². The Labute approximate surface area is 175 Å². The van der Waals surface area contributed by atoms with Crippen molar-refractivity contribution < 1.29 is 9.53 Å². The standard InChI is InChI=1S/C22H23ClN4O2/c1-14(2)21(28)26-19(15-6-10-18(29-3)11-7-15)12-20(27-22(26)24-13-25-27)16-4-8-17(23)9-5-16/h4-11,13-14,19-20H,12H2,1-3H3/t19-,20-/m0/s1. The van der Waals surface area contributed by atoms with E-state index in [2.05, 4.69) is 10.1 Å². The van der Waals surface area contributed by atoms with Crippen molar-refractivity contribution >= 4 is 23.5 Å². The highest BCUT2D eigenvalue weighted by Gasteiger charge is 2.39. The number of rotatable bonds is 4. The zero-order valence-corrected chi connectivity index (χ0v) is 17.4. The summed E-state index contributed by atoms with van der Waals surface area (Å²) in [7, 11) is 1.64. The number of carbonyl (C=O) groups is 1. The molecule has 1 aromatic heterocycles. The van der Waals surface area contributed by atoms with Gasteiger partial charge in [-0.1, -0.05) is 49.7 Å². The van der Waals surface area contributed by atoms with E-state index in [1.165, 1.54) is 6.33 Å². The molecule has 2 aromatic carbocycles. The molecule has 0 saturated carbocycles. The second-order valence-corrected chi connectivity index (χ2v) is 7.90. The molecule has 2 heterocycles. The van der Waals surface area contributed by atoms with Crippen LogP contribution in [0.5, 0.6) is 5.75 Å². The summed E-state index contributed by atoms with van der Waals surface area (Å²) in [6, 6.07) is 15.4. The minimum atomic E-state index is -0.159. The number of amides is 1. The van der Waals surface area contributed by atoms with Crippen LogP contribution in [0.25, 0.3) is 0 Å². The smallest absolute Gasteiger partial charge is 0.232 e. The van der Waals surface area contributed by atoms with Gasteiger partial charge in [0.05, 0.1) is 19.2 Å². The van der Waals surface area contributed by atoms with Gasteiger partial charge in [0.15, 0.2) is 0 Å². The molecule has 29 heavy (non-hydrogen) atoms. The number of halogens is 1. The fourth-order valence-electron chi connectivity index (χ4n) is 3.80. The lowest BCUT2D eigenvalue weighted by molar-refractivity contribution is -0.122. The summed E-state index contributed by atoms with van der Waals surface area (Å²) >= 11 is 6.08. The van der Waals surface area contributed by atoms with E-state index in [1.54, 1.807) is 12.0 Å². The van der Waals surface area contributed by atoms with E-state index >= 15 is 0 Å². The summed E-state index contributed by atoms with van der Waals surface area (Å²) in [5.41, 5.74) is 2.12. The van der Waals surface area contributed by atoms with Gasteiger partial charge in [0.25, 0.3) is 0 Å². The van der Waals surface area contributed by atoms with Crippen molar-refractivity contribution in [2.75, 3.05) is 12.0 Å². The van der Waals surface area contributed by atoms with Gasteiger partial charge in [-0.05, 0) is 41.8 Å². The Kier molecular flexibility index (Phi) is 5.28. The van der Waals surface area contributed by atoms with Crippen LogP contribution in [0.4, 0.5) is 5.95 Å². The van der Waals surface area contributed by atoms with Gasteiger partial charge in [0.2, 0.25) is 11.9 Å². The van der Waals surface area contributed by atoms with E-state index in [4.69, 9.17) is 16.3 Å². The fraction of sp³-hybridized carbons (Fsp3) is 0.318. The van der Waals surface area contributed by atoms with Crippen molar-refractivity contribution in [1.29, 1.82) is 0 Å². The molecule has 0 radical (unpaired) electrons. The summed E-state index contributed by atoms with van der Waals surface area (Å²) in [6.07, 6.45) is 2.19. The molecule has 0 spiro atoms. The van der Waals surface area contributed by atoms with Crippen LogP contribution >= 0.6 is 11.6 Å². The highest BCUT2D eigenvalue weighted by molar-refractivity contribution is 6.30. The maximum Gasteiger partial charge on any atom is 0.232 e. The van der Waals surface area contributed by atoms with Crippen LogP contribution in [0.1, 0.15) is 43.5 Å². The number of hydrogen-bond acceptors (Lipinski definition) is 4. The molecule has 2 atom stereocenters. The molecule has 0 unspecified atom stereocenters. The molecule has 4 rings (SSSR count). The molecular formula is C22H23ClN4O2. The highest BCUT2D eigenvalue weighted by atomic mass is 35.5. The number of ether oxygens (including phenoxy) is 1. The molecule has 7 heteroatoms. The predicted molar refractivity (Wildman–Crippen MR) is 112 cm³/mol. The number of aromatic nitrogens is 3. The maximum atomic E-state index is 13.2. The number of hydrogen-bond donors (Lipinski definition) is 0. The fourth-order valence-corrected chi connectivity index (χ4v) is 3.92. The maximum absolute atomic E-state index is 13.2. The molecule has 1 aliphatic heterocycles. The first kappa shape index (κ1) is 19.5. The van der Waals surface area contributed by atoms with Gasteiger partial charge < -0.3 is 4.74 Å². The van der Waals surface area contributed by atoms with Crippen LogP contribution in [0.2, 0.25) is 5.02 Å². The van der Waals surface area contributed by atoms with Gasteiger partial charge in [0.1, 0.15) is 12.1 Å². The number of carbonyl (C=O) groups excluding carboxylic acids is 1. The minimum Gasteiger partial charge on any atom is -0.497 e. The molecule has 6 nitrogen and oxygen atoms in total. The number of fused-ring (bicyclic) bond motifs is 1. The third-order valence-corrected chi connectivity index (χ3v) is 5.56. The Balaban J connectivity index is 1.82. The van der Waals surface area contributed by atoms with Crippen molar-refractivity contribution in [2.24, 2.45) is 5.92 Å². The Bertz CT molecular complexity index is 998. The number of methoxy groups -OCH3 is 1. The molecule has 0 aliphatic carbocycles. The Hall–Kier alpha value is -2.86. The van der Waals surface area contributed by atoms with E-state index in [1.807, 2.05) is 67.1 Å². The number of benzene rings is 2.